The Bertz CT molecular complexity index is 1440. The van der Waals surface area contributed by atoms with Gasteiger partial charge >= 0.3 is 6.18 Å². The second-order valence-corrected chi connectivity index (χ2v) is 9.72. The zero-order chi connectivity index (χ0) is 24.5. The fourth-order valence-corrected chi connectivity index (χ4v) is 4.76. The number of nitrogens with zero attached hydrogens (tertiary/aromatic N) is 6. The van der Waals surface area contributed by atoms with Gasteiger partial charge in [0, 0.05) is 17.5 Å². The minimum atomic E-state index is -5.14. The Morgan fingerprint density at radius 2 is 1.70 bits per heavy atom. The summed E-state index contributed by atoms with van der Waals surface area (Å²) in [4.78, 5) is 8.34. The number of rotatable bonds is 4. The maximum absolute atomic E-state index is 14.4. The quantitative estimate of drug-likeness (QED) is 0.399. The number of halogens is 4. The van der Waals surface area contributed by atoms with E-state index >= 15 is 0 Å². The summed E-state index contributed by atoms with van der Waals surface area (Å²) in [6.45, 7) is 9.96. The number of alkyl halides is 4. The van der Waals surface area contributed by atoms with E-state index in [1.54, 1.807) is 11.4 Å². The predicted molar refractivity (Wildman–Crippen MR) is 115 cm³/mol. The van der Waals surface area contributed by atoms with Crippen LogP contribution in [0.15, 0.2) is 17.3 Å². The fourth-order valence-electron chi connectivity index (χ4n) is 3.67. The summed E-state index contributed by atoms with van der Waals surface area (Å²) in [7, 11) is -1.43. The van der Waals surface area contributed by atoms with Gasteiger partial charge in [0.1, 0.15) is 12.0 Å². The lowest BCUT2D eigenvalue weighted by Crippen LogP contribution is -2.35. The van der Waals surface area contributed by atoms with Crippen molar-refractivity contribution >= 4 is 22.0 Å². The molecule has 0 saturated carbocycles. The third-order valence-electron chi connectivity index (χ3n) is 6.13. The number of hydrogen-bond donors (Lipinski definition) is 0. The average Bonchev–Trinajstić information content (AvgIpc) is 3.36. The van der Waals surface area contributed by atoms with Crippen LogP contribution >= 0.6 is 0 Å². The van der Waals surface area contributed by atoms with Gasteiger partial charge in [0.05, 0.1) is 26.9 Å². The zero-order valence-electron chi connectivity index (χ0n) is 18.9. The lowest BCUT2D eigenvalue weighted by molar-refractivity contribution is -0.230. The van der Waals surface area contributed by atoms with Crippen LogP contribution in [0.5, 0.6) is 0 Å². The van der Waals surface area contributed by atoms with E-state index in [4.69, 9.17) is 0 Å². The van der Waals surface area contributed by atoms with Crippen LogP contribution in [0.25, 0.3) is 22.7 Å². The second-order valence-electron chi connectivity index (χ2n) is 8.05. The SMILES string of the molecule is CCS(=O)c1c(-c2nc3cc(C(C)(F)C(F)(F)F)ncn3n2)nn2c(C)c(C)c(C)c(C)c12. The molecule has 0 bridgehead atoms. The molecule has 0 N–H and O–H groups in total. The van der Waals surface area contributed by atoms with Crippen LogP contribution in [0.1, 0.15) is 41.9 Å². The summed E-state index contributed by atoms with van der Waals surface area (Å²) in [5.41, 5.74) is 0.302. The van der Waals surface area contributed by atoms with Gasteiger partial charge in [0.2, 0.25) is 11.5 Å². The molecule has 0 spiro atoms. The molecular formula is C21H22F4N6OS. The van der Waals surface area contributed by atoms with Crippen molar-refractivity contribution < 1.29 is 21.8 Å². The van der Waals surface area contributed by atoms with Gasteiger partial charge in [0.25, 0.3) is 0 Å². The molecule has 0 aliphatic rings. The standard InChI is InChI=1S/C21H22F4N6OS/c1-7-33(32)18-16(28-31-13(5)11(3)10(2)12(4)17(18)31)19-27-15-8-14(26-9-30(15)29-19)20(6,22)21(23,24)25/h8-9H,7H2,1-6H3. The summed E-state index contributed by atoms with van der Waals surface area (Å²) in [6.07, 6.45) is -4.17. The maximum atomic E-state index is 14.4. The average molecular weight is 483 g/mol. The highest BCUT2D eigenvalue weighted by atomic mass is 32.2. The van der Waals surface area contributed by atoms with Crippen LogP contribution in [0.4, 0.5) is 17.6 Å². The Morgan fingerprint density at radius 3 is 2.30 bits per heavy atom. The Kier molecular flexibility index (Phi) is 5.34. The van der Waals surface area contributed by atoms with E-state index in [0.29, 0.717) is 23.1 Å². The highest BCUT2D eigenvalue weighted by molar-refractivity contribution is 7.85. The molecule has 176 valence electrons. The van der Waals surface area contributed by atoms with Crippen molar-refractivity contribution in [1.29, 1.82) is 0 Å². The number of aryl methyl sites for hydroxylation is 2. The smallest absolute Gasteiger partial charge is 0.254 e. The number of aromatic nitrogens is 6. The lowest BCUT2D eigenvalue weighted by atomic mass is 10.0. The first-order valence-electron chi connectivity index (χ1n) is 10.2. The van der Waals surface area contributed by atoms with Gasteiger partial charge in [0.15, 0.2) is 5.65 Å². The highest BCUT2D eigenvalue weighted by Crippen LogP contribution is 2.41. The fraction of sp³-hybridized carbons (Fsp3) is 0.429. The molecule has 7 nitrogen and oxygen atoms in total. The molecule has 4 aromatic rings. The molecule has 0 aromatic carbocycles. The molecule has 4 heterocycles. The lowest BCUT2D eigenvalue weighted by Gasteiger charge is -2.22. The van der Waals surface area contributed by atoms with Crippen molar-refractivity contribution in [1.82, 2.24) is 29.2 Å². The molecule has 0 aliphatic heterocycles. The first-order chi connectivity index (χ1) is 15.3. The van der Waals surface area contributed by atoms with Crippen LogP contribution in [0, 0.1) is 27.7 Å². The zero-order valence-corrected chi connectivity index (χ0v) is 19.7. The third kappa shape index (κ3) is 3.42. The second kappa shape index (κ2) is 7.57. The van der Waals surface area contributed by atoms with Crippen molar-refractivity contribution in [3.63, 3.8) is 0 Å². The van der Waals surface area contributed by atoms with E-state index in [2.05, 4.69) is 20.2 Å². The molecule has 0 fully saturated rings. The largest absolute Gasteiger partial charge is 0.428 e. The van der Waals surface area contributed by atoms with Gasteiger partial charge in [-0.2, -0.15) is 18.3 Å². The number of fused-ring (bicyclic) bond motifs is 2. The molecule has 4 aromatic heterocycles. The van der Waals surface area contributed by atoms with Crippen molar-refractivity contribution in [3.8, 4) is 11.5 Å². The van der Waals surface area contributed by atoms with E-state index < -0.39 is 28.3 Å². The number of pyridine rings is 1. The van der Waals surface area contributed by atoms with Crippen molar-refractivity contribution in [2.75, 3.05) is 5.75 Å². The minimum Gasteiger partial charge on any atom is -0.254 e. The van der Waals surface area contributed by atoms with Crippen LogP contribution in [-0.4, -0.2) is 45.3 Å². The minimum absolute atomic E-state index is 0.0331. The van der Waals surface area contributed by atoms with Crippen LogP contribution < -0.4 is 0 Å². The normalized spacial score (nSPS) is 15.3. The molecule has 0 aliphatic carbocycles. The van der Waals surface area contributed by atoms with E-state index in [9.17, 15) is 21.8 Å². The first-order valence-corrected chi connectivity index (χ1v) is 11.5. The summed E-state index contributed by atoms with van der Waals surface area (Å²) >= 11 is 0. The maximum Gasteiger partial charge on any atom is 0.428 e. The van der Waals surface area contributed by atoms with Crippen LogP contribution in [0.2, 0.25) is 0 Å². The third-order valence-corrected chi connectivity index (χ3v) is 7.49. The molecule has 0 saturated heterocycles. The molecule has 0 amide bonds. The monoisotopic (exact) mass is 482 g/mol. The van der Waals surface area contributed by atoms with E-state index in [0.717, 1.165) is 39.3 Å². The summed E-state index contributed by atoms with van der Waals surface area (Å²) < 4.78 is 69.7. The summed E-state index contributed by atoms with van der Waals surface area (Å²) in [6, 6.07) is 0.904. The first kappa shape index (κ1) is 23.3. The summed E-state index contributed by atoms with van der Waals surface area (Å²) in [5, 5.41) is 8.90. The molecular weight excluding hydrogens is 460 g/mol. The molecule has 2 atom stereocenters. The molecule has 33 heavy (non-hydrogen) atoms. The number of hydrogen-bond acceptors (Lipinski definition) is 5. The topological polar surface area (TPSA) is 77.5 Å². The summed E-state index contributed by atoms with van der Waals surface area (Å²) in [5.74, 6) is 0.390. The Labute approximate surface area is 189 Å². The highest BCUT2D eigenvalue weighted by Gasteiger charge is 2.54. The van der Waals surface area contributed by atoms with Gasteiger partial charge in [-0.25, -0.2) is 23.4 Å². The van der Waals surface area contributed by atoms with Crippen LogP contribution in [0.3, 0.4) is 0 Å². The Balaban J connectivity index is 1.99. The Hall–Kier alpha value is -2.89. The van der Waals surface area contributed by atoms with E-state index in [1.165, 1.54) is 0 Å². The van der Waals surface area contributed by atoms with Crippen molar-refractivity contribution in [2.24, 2.45) is 0 Å². The van der Waals surface area contributed by atoms with Crippen molar-refractivity contribution in [3.05, 3.63) is 40.5 Å². The molecule has 12 heteroatoms. The van der Waals surface area contributed by atoms with Gasteiger partial charge in [-0.3, -0.25) is 4.21 Å². The van der Waals surface area contributed by atoms with Crippen LogP contribution in [-0.2, 0) is 16.5 Å². The van der Waals surface area contributed by atoms with Gasteiger partial charge in [-0.1, -0.05) is 6.92 Å². The molecule has 2 unspecified atom stereocenters. The van der Waals surface area contributed by atoms with E-state index in [1.807, 2.05) is 27.7 Å². The van der Waals surface area contributed by atoms with Gasteiger partial charge in [-0.05, 0) is 51.3 Å². The predicted octanol–water partition coefficient (Wildman–Crippen LogP) is 4.55. The van der Waals surface area contributed by atoms with Gasteiger partial charge < -0.3 is 0 Å². The van der Waals surface area contributed by atoms with Gasteiger partial charge in [-0.15, -0.1) is 5.10 Å². The molecule has 0 radical (unpaired) electrons. The van der Waals surface area contributed by atoms with E-state index in [-0.39, 0.29) is 17.2 Å². The Morgan fingerprint density at radius 1 is 1.03 bits per heavy atom. The molecule has 4 rings (SSSR count). The van der Waals surface area contributed by atoms with Crippen molar-refractivity contribution in [2.45, 2.75) is 58.3 Å².